The smallest absolute Gasteiger partial charge is 0.343 e. The first-order valence-electron chi connectivity index (χ1n) is 8.10. The minimum absolute atomic E-state index is 0.0211. The van der Waals surface area contributed by atoms with Crippen LogP contribution in [-0.4, -0.2) is 39.5 Å². The number of benzene rings is 2. The van der Waals surface area contributed by atoms with Crippen LogP contribution in [0.1, 0.15) is 17.0 Å². The summed E-state index contributed by atoms with van der Waals surface area (Å²) >= 11 is 6.62. The maximum absolute atomic E-state index is 11.6. The van der Waals surface area contributed by atoms with Crippen LogP contribution in [0.3, 0.4) is 0 Å². The van der Waals surface area contributed by atoms with E-state index in [9.17, 15) is 9.90 Å². The third-order valence-corrected chi connectivity index (χ3v) is 6.30. The lowest BCUT2D eigenvalue weighted by Crippen LogP contribution is -2.09. The highest BCUT2D eigenvalue weighted by Gasteiger charge is 2.29. The van der Waals surface area contributed by atoms with Crippen LogP contribution in [0.4, 0.5) is 0 Å². The minimum Gasteiger partial charge on any atom is -0.497 e. The molecule has 28 heavy (non-hydrogen) atoms. The summed E-state index contributed by atoms with van der Waals surface area (Å²) in [7, 11) is 6.22. The van der Waals surface area contributed by atoms with Crippen molar-refractivity contribution in [3.63, 3.8) is 0 Å². The van der Waals surface area contributed by atoms with Crippen LogP contribution in [0.2, 0.25) is 0 Å². The molecule has 0 fully saturated rings. The maximum atomic E-state index is 11.6. The topological polar surface area (TPSA) is 74.2 Å². The lowest BCUT2D eigenvalue weighted by molar-refractivity contribution is -0.131. The van der Waals surface area contributed by atoms with Crippen LogP contribution in [-0.2, 0) is 4.79 Å². The number of carbonyl (C=O) groups is 1. The predicted molar refractivity (Wildman–Crippen MR) is 113 cm³/mol. The average Bonchev–Trinajstić information content (AvgIpc) is 2.72. The van der Waals surface area contributed by atoms with Crippen LogP contribution < -0.4 is 18.9 Å². The molecule has 0 amide bonds. The van der Waals surface area contributed by atoms with Crippen molar-refractivity contribution in [2.45, 2.75) is 5.92 Å². The highest BCUT2D eigenvalue weighted by molar-refractivity contribution is 9.14. The van der Waals surface area contributed by atoms with Crippen molar-refractivity contribution in [3.8, 4) is 23.0 Å². The highest BCUT2D eigenvalue weighted by Crippen LogP contribution is 2.47. The van der Waals surface area contributed by atoms with E-state index in [2.05, 4.69) is 31.9 Å². The summed E-state index contributed by atoms with van der Waals surface area (Å²) in [6, 6.07) is 10.7. The molecule has 0 saturated heterocycles. The summed E-state index contributed by atoms with van der Waals surface area (Å²) in [6.45, 7) is 0. The molecular formula is C20H20Br2O6. The second-order valence-electron chi connectivity index (χ2n) is 5.62. The fourth-order valence-corrected chi connectivity index (χ4v) is 3.69. The normalized spacial score (nSPS) is 11.7. The molecule has 6 nitrogen and oxygen atoms in total. The molecule has 2 aromatic carbocycles. The van der Waals surface area contributed by atoms with Crippen molar-refractivity contribution in [1.82, 2.24) is 0 Å². The third kappa shape index (κ3) is 4.62. The van der Waals surface area contributed by atoms with Crippen LogP contribution >= 0.6 is 31.9 Å². The van der Waals surface area contributed by atoms with Crippen molar-refractivity contribution in [2.24, 2.45) is 0 Å². The van der Waals surface area contributed by atoms with E-state index >= 15 is 0 Å². The van der Waals surface area contributed by atoms with E-state index in [0.29, 0.717) is 38.6 Å². The maximum Gasteiger partial charge on any atom is 0.343 e. The van der Waals surface area contributed by atoms with Gasteiger partial charge < -0.3 is 24.1 Å². The molecule has 0 spiro atoms. The number of rotatable bonds is 8. The van der Waals surface area contributed by atoms with Crippen molar-refractivity contribution >= 4 is 37.8 Å². The van der Waals surface area contributed by atoms with Crippen molar-refractivity contribution in [2.75, 3.05) is 28.4 Å². The molecule has 0 aliphatic carbocycles. The summed E-state index contributed by atoms with van der Waals surface area (Å²) in [5, 5.41) is 9.50. The van der Waals surface area contributed by atoms with Gasteiger partial charge in [-0.3, -0.25) is 0 Å². The van der Waals surface area contributed by atoms with Gasteiger partial charge in [0.25, 0.3) is 0 Å². The van der Waals surface area contributed by atoms with Crippen LogP contribution in [0.5, 0.6) is 23.0 Å². The molecule has 0 radical (unpaired) electrons. The van der Waals surface area contributed by atoms with Crippen LogP contribution in [0.25, 0.3) is 0 Å². The van der Waals surface area contributed by atoms with Crippen molar-refractivity contribution in [1.29, 1.82) is 0 Å². The molecule has 2 aromatic rings. The first-order valence-corrected chi connectivity index (χ1v) is 9.68. The van der Waals surface area contributed by atoms with Gasteiger partial charge >= 0.3 is 5.97 Å². The highest BCUT2D eigenvalue weighted by atomic mass is 79.9. The second kappa shape index (κ2) is 9.84. The fourth-order valence-electron chi connectivity index (χ4n) is 2.80. The number of hydrogen-bond acceptors (Lipinski definition) is 5. The van der Waals surface area contributed by atoms with E-state index in [1.165, 1.54) is 0 Å². The van der Waals surface area contributed by atoms with Gasteiger partial charge in [-0.05, 0) is 52.3 Å². The molecule has 1 N–H and O–H groups in total. The number of aliphatic carboxylic acids is 1. The van der Waals surface area contributed by atoms with Crippen LogP contribution in [0, 0.1) is 0 Å². The first kappa shape index (κ1) is 22.1. The molecule has 0 bridgehead atoms. The van der Waals surface area contributed by atoms with E-state index in [4.69, 9.17) is 18.9 Å². The molecule has 0 aromatic heterocycles. The largest absolute Gasteiger partial charge is 0.497 e. The lowest BCUT2D eigenvalue weighted by Gasteiger charge is -2.24. The van der Waals surface area contributed by atoms with Crippen LogP contribution in [0.15, 0.2) is 45.4 Å². The molecule has 0 saturated carbocycles. The Bertz CT molecular complexity index is 839. The van der Waals surface area contributed by atoms with Gasteiger partial charge in [0.1, 0.15) is 27.5 Å². The number of ether oxygens (including phenoxy) is 4. The standard InChI is InChI=1S/C20H20Br2O6/c1-25-11-5-7-15(27-3)13(9-11)17(18(21)19(22)20(23)24)14-10-12(26-2)6-8-16(14)28-4/h5-10,17H,1-4H3,(H,23,24)/b19-18+. The third-order valence-electron chi connectivity index (χ3n) is 4.15. The van der Waals surface area contributed by atoms with Gasteiger partial charge in [-0.1, -0.05) is 15.9 Å². The van der Waals surface area contributed by atoms with Gasteiger partial charge in [-0.15, -0.1) is 0 Å². The Morgan fingerprint density at radius 1 is 0.821 bits per heavy atom. The molecule has 0 aliphatic heterocycles. The molecular weight excluding hydrogens is 496 g/mol. The van der Waals surface area contributed by atoms with E-state index < -0.39 is 11.9 Å². The Kier molecular flexibility index (Phi) is 7.77. The Balaban J connectivity index is 2.88. The molecule has 2 rings (SSSR count). The van der Waals surface area contributed by atoms with Crippen molar-refractivity contribution in [3.05, 3.63) is 56.5 Å². The minimum atomic E-state index is -1.11. The molecule has 0 atom stereocenters. The number of hydrogen-bond donors (Lipinski definition) is 1. The summed E-state index contributed by atoms with van der Waals surface area (Å²) in [6.07, 6.45) is 0. The van der Waals surface area contributed by atoms with Gasteiger partial charge in [0.2, 0.25) is 0 Å². The van der Waals surface area contributed by atoms with Gasteiger partial charge in [-0.25, -0.2) is 4.79 Å². The summed E-state index contributed by atoms with van der Waals surface area (Å²) in [5.41, 5.74) is 1.39. The zero-order chi connectivity index (χ0) is 20.8. The predicted octanol–water partition coefficient (Wildman–Crippen LogP) is 4.94. The second-order valence-corrected chi connectivity index (χ2v) is 7.26. The molecule has 0 aliphatic rings. The van der Waals surface area contributed by atoms with Gasteiger partial charge in [0.15, 0.2) is 0 Å². The SMILES string of the molecule is COc1ccc(OC)c(C(/C(Br)=C(\Br)C(=O)O)c2cc(OC)ccc2OC)c1. The molecule has 150 valence electrons. The monoisotopic (exact) mass is 514 g/mol. The average molecular weight is 516 g/mol. The number of carboxylic acid groups (broad SMARTS) is 1. The lowest BCUT2D eigenvalue weighted by atomic mass is 9.89. The summed E-state index contributed by atoms with van der Waals surface area (Å²) < 4.78 is 22.2. The quantitative estimate of drug-likeness (QED) is 0.502. The van der Waals surface area contributed by atoms with Gasteiger partial charge in [0, 0.05) is 21.5 Å². The van der Waals surface area contributed by atoms with Gasteiger partial charge in [0.05, 0.1) is 28.4 Å². The van der Waals surface area contributed by atoms with E-state index in [0.717, 1.165) is 0 Å². The van der Waals surface area contributed by atoms with E-state index in [-0.39, 0.29) is 4.48 Å². The Morgan fingerprint density at radius 2 is 1.25 bits per heavy atom. The molecule has 0 unspecified atom stereocenters. The van der Waals surface area contributed by atoms with Gasteiger partial charge in [-0.2, -0.15) is 0 Å². The number of allylic oxidation sites excluding steroid dienone is 1. The zero-order valence-corrected chi connectivity index (χ0v) is 19.0. The summed E-state index contributed by atoms with van der Waals surface area (Å²) in [5.74, 6) is 0.668. The molecule has 0 heterocycles. The number of carboxylic acids is 1. The molecule has 8 heteroatoms. The first-order chi connectivity index (χ1) is 13.4. The Hall–Kier alpha value is -2.19. The Morgan fingerprint density at radius 3 is 1.57 bits per heavy atom. The van der Waals surface area contributed by atoms with E-state index in [1.54, 1.807) is 64.8 Å². The Labute approximate surface area is 180 Å². The summed E-state index contributed by atoms with van der Waals surface area (Å²) in [4.78, 5) is 11.6. The zero-order valence-electron chi connectivity index (χ0n) is 15.8. The van der Waals surface area contributed by atoms with E-state index in [1.807, 2.05) is 0 Å². The number of halogens is 2. The fraction of sp³-hybridized carbons (Fsp3) is 0.250. The van der Waals surface area contributed by atoms with Crippen molar-refractivity contribution < 1.29 is 28.8 Å². The number of methoxy groups -OCH3 is 4.